The molecule has 0 bridgehead atoms. The molecule has 5 nitrogen and oxygen atoms in total. The molecule has 0 saturated heterocycles. The second-order valence-corrected chi connectivity index (χ2v) is 5.86. The number of benzene rings is 1. The van der Waals surface area contributed by atoms with Crippen LogP contribution in [0.2, 0.25) is 10.0 Å². The number of carbonyl (C=O) groups is 1. The Hall–Kier alpha value is -1.24. The number of hydrogen-bond acceptors (Lipinski definition) is 4. The molecule has 0 saturated carbocycles. The van der Waals surface area contributed by atoms with Crippen LogP contribution in [-0.2, 0) is 4.79 Å². The summed E-state index contributed by atoms with van der Waals surface area (Å²) in [5.74, 6) is 0.668. The van der Waals surface area contributed by atoms with E-state index in [1.807, 2.05) is 14.0 Å². The molecule has 2 aromatic rings. The van der Waals surface area contributed by atoms with Gasteiger partial charge in [-0.25, -0.2) is 4.98 Å². The number of nitrogens with one attached hydrogen (secondary N) is 2. The van der Waals surface area contributed by atoms with Crippen LogP contribution in [0.3, 0.4) is 0 Å². The average Bonchev–Trinajstić information content (AvgIpc) is 2.52. The van der Waals surface area contributed by atoms with Gasteiger partial charge < -0.3 is 15.4 Å². The molecular formula is C16H19Cl4N3O2. The van der Waals surface area contributed by atoms with E-state index in [1.54, 1.807) is 30.3 Å². The highest BCUT2D eigenvalue weighted by molar-refractivity contribution is 6.35. The molecule has 1 amide bonds. The zero-order chi connectivity index (χ0) is 16.8. The molecule has 0 aliphatic carbocycles. The molecular weight excluding hydrogens is 408 g/mol. The number of anilines is 1. The predicted octanol–water partition coefficient (Wildman–Crippen LogP) is 4.82. The maximum atomic E-state index is 11.9. The summed E-state index contributed by atoms with van der Waals surface area (Å²) in [7, 11) is 1.81. The molecule has 0 radical (unpaired) electrons. The van der Waals surface area contributed by atoms with Gasteiger partial charge in [0.1, 0.15) is 10.8 Å². The molecule has 0 aliphatic rings. The second-order valence-electron chi connectivity index (χ2n) is 5.01. The van der Waals surface area contributed by atoms with E-state index in [0.29, 0.717) is 28.0 Å². The van der Waals surface area contributed by atoms with Gasteiger partial charge in [-0.15, -0.1) is 24.8 Å². The van der Waals surface area contributed by atoms with Gasteiger partial charge >= 0.3 is 0 Å². The predicted molar refractivity (Wildman–Crippen MR) is 107 cm³/mol. The highest BCUT2D eigenvalue weighted by atomic mass is 35.5. The Morgan fingerprint density at radius 2 is 1.88 bits per heavy atom. The van der Waals surface area contributed by atoms with Gasteiger partial charge in [0, 0.05) is 24.3 Å². The molecule has 0 aliphatic heterocycles. The van der Waals surface area contributed by atoms with Crippen LogP contribution in [0.4, 0.5) is 5.69 Å². The van der Waals surface area contributed by atoms with Crippen molar-refractivity contribution < 1.29 is 9.53 Å². The van der Waals surface area contributed by atoms with Crippen molar-refractivity contribution in [3.05, 3.63) is 46.6 Å². The number of rotatable bonds is 6. The smallest absolute Gasteiger partial charge is 0.238 e. The van der Waals surface area contributed by atoms with Crippen LogP contribution in [0.5, 0.6) is 11.6 Å². The number of halogens is 4. The van der Waals surface area contributed by atoms with E-state index in [9.17, 15) is 4.79 Å². The van der Waals surface area contributed by atoms with Crippen molar-refractivity contribution in [1.29, 1.82) is 0 Å². The Morgan fingerprint density at radius 3 is 2.44 bits per heavy atom. The first kappa shape index (κ1) is 23.8. The molecule has 1 unspecified atom stereocenters. The van der Waals surface area contributed by atoms with Gasteiger partial charge in [0.2, 0.25) is 11.8 Å². The van der Waals surface area contributed by atoms with E-state index >= 15 is 0 Å². The van der Waals surface area contributed by atoms with Crippen LogP contribution in [0.1, 0.15) is 6.92 Å². The molecule has 0 spiro atoms. The lowest BCUT2D eigenvalue weighted by atomic mass is 10.1. The number of ether oxygens (including phenoxy) is 1. The van der Waals surface area contributed by atoms with E-state index in [2.05, 4.69) is 15.6 Å². The second kappa shape index (κ2) is 11.4. The van der Waals surface area contributed by atoms with Crippen LogP contribution in [0.25, 0.3) is 0 Å². The molecule has 0 fully saturated rings. The highest BCUT2D eigenvalue weighted by Gasteiger charge is 2.12. The van der Waals surface area contributed by atoms with Crippen LogP contribution in [0, 0.1) is 5.92 Å². The number of hydrogen-bond donors (Lipinski definition) is 2. The zero-order valence-electron chi connectivity index (χ0n) is 13.6. The first-order chi connectivity index (χ1) is 11.0. The molecule has 2 N–H and O–H groups in total. The van der Waals surface area contributed by atoms with Crippen LogP contribution in [0.15, 0.2) is 36.5 Å². The quantitative estimate of drug-likeness (QED) is 0.694. The lowest BCUT2D eigenvalue weighted by Crippen LogP contribution is -2.28. The molecule has 138 valence electrons. The van der Waals surface area contributed by atoms with Crippen LogP contribution >= 0.6 is 48.0 Å². The number of nitrogens with zero attached hydrogens (tertiary/aromatic N) is 1. The lowest BCUT2D eigenvalue weighted by Gasteiger charge is -2.12. The van der Waals surface area contributed by atoms with E-state index in [0.717, 1.165) is 0 Å². The minimum Gasteiger partial charge on any atom is -0.438 e. The van der Waals surface area contributed by atoms with Crippen molar-refractivity contribution in [2.24, 2.45) is 5.92 Å². The fraction of sp³-hybridized carbons (Fsp3) is 0.250. The van der Waals surface area contributed by atoms with Crippen molar-refractivity contribution in [2.75, 3.05) is 18.9 Å². The minimum absolute atomic E-state index is 0. The summed E-state index contributed by atoms with van der Waals surface area (Å²) in [4.78, 5) is 16.0. The summed E-state index contributed by atoms with van der Waals surface area (Å²) in [6.45, 7) is 2.48. The van der Waals surface area contributed by atoms with Gasteiger partial charge in [0.15, 0.2) is 0 Å². The van der Waals surface area contributed by atoms with Crippen molar-refractivity contribution >= 4 is 59.6 Å². The maximum Gasteiger partial charge on any atom is 0.238 e. The summed E-state index contributed by atoms with van der Waals surface area (Å²) >= 11 is 11.8. The molecule has 9 heteroatoms. The topological polar surface area (TPSA) is 63.2 Å². The highest BCUT2D eigenvalue weighted by Crippen LogP contribution is 2.29. The molecule has 1 atom stereocenters. The fourth-order valence-electron chi connectivity index (χ4n) is 1.86. The Labute approximate surface area is 169 Å². The van der Waals surface area contributed by atoms with Crippen LogP contribution < -0.4 is 15.4 Å². The molecule has 25 heavy (non-hydrogen) atoms. The maximum absolute atomic E-state index is 11.9. The van der Waals surface area contributed by atoms with Gasteiger partial charge in [0.05, 0.1) is 5.02 Å². The largest absolute Gasteiger partial charge is 0.438 e. The normalized spacial score (nSPS) is 10.9. The molecule has 1 aromatic carbocycles. The van der Waals surface area contributed by atoms with E-state index < -0.39 is 0 Å². The Balaban J connectivity index is 0.00000288. The Morgan fingerprint density at radius 1 is 1.24 bits per heavy atom. The molecule has 1 heterocycles. The standard InChI is InChI=1S/C16H17Cl2N3O2.2ClH/c1-10(8-19-2)15(22)21-12-3-5-13(6-4-12)23-16-14(18)7-11(17)9-20-16;;/h3-7,9-10,19H,8H2,1-2H3,(H,21,22);2*1H. The summed E-state index contributed by atoms with van der Waals surface area (Å²) < 4.78 is 5.59. The van der Waals surface area contributed by atoms with Crippen molar-refractivity contribution in [3.63, 3.8) is 0 Å². The van der Waals surface area contributed by atoms with E-state index in [-0.39, 0.29) is 42.5 Å². The summed E-state index contributed by atoms with van der Waals surface area (Å²) in [6.07, 6.45) is 1.46. The SMILES string of the molecule is CNCC(C)C(=O)Nc1ccc(Oc2ncc(Cl)cc2Cl)cc1.Cl.Cl. The van der Waals surface area contributed by atoms with Gasteiger partial charge in [0.25, 0.3) is 0 Å². The third kappa shape index (κ3) is 7.26. The lowest BCUT2D eigenvalue weighted by molar-refractivity contribution is -0.119. The fourth-order valence-corrected chi connectivity index (χ4v) is 2.28. The summed E-state index contributed by atoms with van der Waals surface area (Å²) in [5.41, 5.74) is 0.695. The number of pyridine rings is 1. The Kier molecular flexibility index (Phi) is 10.8. The first-order valence-electron chi connectivity index (χ1n) is 7.04. The van der Waals surface area contributed by atoms with E-state index in [4.69, 9.17) is 27.9 Å². The van der Waals surface area contributed by atoms with E-state index in [1.165, 1.54) is 6.20 Å². The third-order valence-electron chi connectivity index (χ3n) is 3.07. The zero-order valence-corrected chi connectivity index (χ0v) is 16.7. The van der Waals surface area contributed by atoms with Crippen molar-refractivity contribution in [2.45, 2.75) is 6.92 Å². The van der Waals surface area contributed by atoms with Crippen molar-refractivity contribution in [3.8, 4) is 11.6 Å². The third-order valence-corrected chi connectivity index (χ3v) is 3.55. The Bertz CT molecular complexity index is 684. The van der Waals surface area contributed by atoms with Gasteiger partial charge in [-0.2, -0.15) is 0 Å². The van der Waals surface area contributed by atoms with Gasteiger partial charge in [-0.1, -0.05) is 30.1 Å². The summed E-state index contributed by atoms with van der Waals surface area (Å²) in [5, 5.41) is 6.58. The first-order valence-corrected chi connectivity index (χ1v) is 7.79. The van der Waals surface area contributed by atoms with Gasteiger partial charge in [-0.3, -0.25) is 4.79 Å². The monoisotopic (exact) mass is 425 g/mol. The molecule has 1 aromatic heterocycles. The summed E-state index contributed by atoms with van der Waals surface area (Å²) in [6, 6.07) is 8.52. The average molecular weight is 427 g/mol. The number of carbonyl (C=O) groups excluding carboxylic acids is 1. The van der Waals surface area contributed by atoms with Crippen LogP contribution in [-0.4, -0.2) is 24.5 Å². The minimum atomic E-state index is -0.118. The number of aromatic nitrogens is 1. The number of amides is 1. The van der Waals surface area contributed by atoms with Crippen molar-refractivity contribution in [1.82, 2.24) is 10.3 Å². The van der Waals surface area contributed by atoms with Gasteiger partial charge in [-0.05, 0) is 37.4 Å². The molecule has 2 rings (SSSR count).